The Morgan fingerprint density at radius 3 is 3.17 bits per heavy atom. The third kappa shape index (κ3) is 1.25. The summed E-state index contributed by atoms with van der Waals surface area (Å²) >= 11 is 7.47. The summed E-state index contributed by atoms with van der Waals surface area (Å²) in [7, 11) is 0. The Morgan fingerprint density at radius 2 is 2.50 bits per heavy atom. The summed E-state index contributed by atoms with van der Waals surface area (Å²) in [6.45, 7) is 5.25. The van der Waals surface area contributed by atoms with Gasteiger partial charge in [0, 0.05) is 12.2 Å². The number of aliphatic imine (C=N–C) groups is 1. The first kappa shape index (κ1) is 8.45. The zero-order valence-electron chi connectivity index (χ0n) is 7.17. The van der Waals surface area contributed by atoms with Gasteiger partial charge < -0.3 is 4.90 Å². The number of nitrogens with zero attached hydrogens (tertiary/aromatic N) is 2. The smallest absolute Gasteiger partial charge is 0.168 e. The van der Waals surface area contributed by atoms with Gasteiger partial charge in [0.2, 0.25) is 0 Å². The van der Waals surface area contributed by atoms with Crippen molar-refractivity contribution >= 4 is 28.5 Å². The Hall–Kier alpha value is -0.150. The SMILES string of the molecule is CC1(C)CN2C(CCl)=CSC2=N1. The van der Waals surface area contributed by atoms with Gasteiger partial charge in [-0.05, 0) is 19.3 Å². The predicted octanol–water partition coefficient (Wildman–Crippen LogP) is 2.26. The third-order valence-corrected chi connectivity index (χ3v) is 3.14. The van der Waals surface area contributed by atoms with Crippen LogP contribution in [0.15, 0.2) is 16.1 Å². The van der Waals surface area contributed by atoms with Crippen LogP contribution in [-0.4, -0.2) is 28.0 Å². The summed E-state index contributed by atoms with van der Waals surface area (Å²) in [5, 5.41) is 3.19. The molecule has 0 saturated carbocycles. The lowest BCUT2D eigenvalue weighted by Gasteiger charge is -2.19. The van der Waals surface area contributed by atoms with Crippen molar-refractivity contribution < 1.29 is 0 Å². The number of fused-ring (bicyclic) bond motifs is 1. The van der Waals surface area contributed by atoms with Crippen LogP contribution in [0.3, 0.4) is 0 Å². The topological polar surface area (TPSA) is 15.6 Å². The Bertz CT molecular complexity index is 270. The van der Waals surface area contributed by atoms with Crippen LogP contribution in [0.1, 0.15) is 13.8 Å². The van der Waals surface area contributed by atoms with Crippen LogP contribution in [0.25, 0.3) is 0 Å². The number of allylic oxidation sites excluding steroid dienone is 1. The largest absolute Gasteiger partial charge is 0.321 e. The molecular weight excluding hydrogens is 192 g/mol. The monoisotopic (exact) mass is 202 g/mol. The maximum absolute atomic E-state index is 5.79. The number of hydrogen-bond donors (Lipinski definition) is 0. The van der Waals surface area contributed by atoms with Crippen LogP contribution in [0, 0.1) is 0 Å². The van der Waals surface area contributed by atoms with Crippen molar-refractivity contribution in [2.24, 2.45) is 4.99 Å². The molecular formula is C8H11ClN2S. The molecule has 2 heterocycles. The molecule has 2 nitrogen and oxygen atoms in total. The van der Waals surface area contributed by atoms with Gasteiger partial charge in [-0.25, -0.2) is 0 Å². The molecule has 2 aliphatic heterocycles. The molecule has 0 fully saturated rings. The van der Waals surface area contributed by atoms with E-state index in [9.17, 15) is 0 Å². The lowest BCUT2D eigenvalue weighted by Crippen LogP contribution is -2.29. The van der Waals surface area contributed by atoms with Crippen molar-refractivity contribution in [1.82, 2.24) is 4.90 Å². The van der Waals surface area contributed by atoms with Crippen molar-refractivity contribution in [2.75, 3.05) is 12.4 Å². The fourth-order valence-electron chi connectivity index (χ4n) is 1.41. The molecule has 2 aliphatic rings. The van der Waals surface area contributed by atoms with Gasteiger partial charge >= 0.3 is 0 Å². The summed E-state index contributed by atoms with van der Waals surface area (Å²) < 4.78 is 0. The number of rotatable bonds is 1. The van der Waals surface area contributed by atoms with Crippen LogP contribution >= 0.6 is 23.4 Å². The molecule has 0 saturated heterocycles. The third-order valence-electron chi connectivity index (χ3n) is 1.96. The highest BCUT2D eigenvalue weighted by molar-refractivity contribution is 8.16. The van der Waals surface area contributed by atoms with E-state index in [4.69, 9.17) is 11.6 Å². The van der Waals surface area contributed by atoms with Crippen molar-refractivity contribution in [3.05, 3.63) is 11.1 Å². The number of amidine groups is 1. The molecule has 0 aromatic carbocycles. The van der Waals surface area contributed by atoms with Gasteiger partial charge in [-0.2, -0.15) is 0 Å². The highest BCUT2D eigenvalue weighted by Crippen LogP contribution is 2.35. The molecule has 0 aromatic heterocycles. The van der Waals surface area contributed by atoms with E-state index in [0.717, 1.165) is 11.7 Å². The van der Waals surface area contributed by atoms with E-state index in [1.807, 2.05) is 0 Å². The number of thioether (sulfide) groups is 1. The minimum Gasteiger partial charge on any atom is -0.321 e. The zero-order chi connectivity index (χ0) is 8.77. The fourth-order valence-corrected chi connectivity index (χ4v) is 2.79. The van der Waals surface area contributed by atoms with E-state index in [1.165, 1.54) is 5.70 Å². The van der Waals surface area contributed by atoms with Gasteiger partial charge in [0.1, 0.15) is 0 Å². The van der Waals surface area contributed by atoms with E-state index in [1.54, 1.807) is 11.8 Å². The Labute approximate surface area is 81.7 Å². The molecule has 4 heteroatoms. The van der Waals surface area contributed by atoms with Crippen LogP contribution in [0.4, 0.5) is 0 Å². The fraction of sp³-hybridized carbons (Fsp3) is 0.625. The first-order valence-electron chi connectivity index (χ1n) is 3.91. The Balaban J connectivity index is 2.22. The average molecular weight is 203 g/mol. The highest BCUT2D eigenvalue weighted by atomic mass is 35.5. The molecule has 0 aliphatic carbocycles. The molecule has 0 amide bonds. The van der Waals surface area contributed by atoms with Crippen LogP contribution in [-0.2, 0) is 0 Å². The number of halogens is 1. The Morgan fingerprint density at radius 1 is 1.75 bits per heavy atom. The molecule has 0 radical (unpaired) electrons. The van der Waals surface area contributed by atoms with Crippen LogP contribution < -0.4 is 0 Å². The lowest BCUT2D eigenvalue weighted by atomic mass is 10.1. The maximum atomic E-state index is 5.79. The zero-order valence-corrected chi connectivity index (χ0v) is 8.74. The van der Waals surface area contributed by atoms with Gasteiger partial charge in [0.05, 0.1) is 11.4 Å². The first-order valence-corrected chi connectivity index (χ1v) is 5.33. The van der Waals surface area contributed by atoms with Gasteiger partial charge in [-0.3, -0.25) is 4.99 Å². The van der Waals surface area contributed by atoms with Gasteiger partial charge in [0.15, 0.2) is 5.17 Å². The molecule has 0 bridgehead atoms. The van der Waals surface area contributed by atoms with Crippen molar-refractivity contribution in [1.29, 1.82) is 0 Å². The molecule has 0 unspecified atom stereocenters. The second-order valence-electron chi connectivity index (χ2n) is 3.65. The summed E-state index contributed by atoms with van der Waals surface area (Å²) in [5.74, 6) is 0.585. The summed E-state index contributed by atoms with van der Waals surface area (Å²) in [4.78, 5) is 6.78. The standard InChI is InChI=1S/C8H11ClN2S/c1-8(2)5-11-6(3-9)4-12-7(11)10-8/h4H,3,5H2,1-2H3. The minimum atomic E-state index is 0.0634. The van der Waals surface area contributed by atoms with E-state index < -0.39 is 0 Å². The van der Waals surface area contributed by atoms with Crippen LogP contribution in [0.5, 0.6) is 0 Å². The summed E-state index contributed by atoms with van der Waals surface area (Å²) in [6.07, 6.45) is 0. The Kier molecular flexibility index (Phi) is 1.88. The molecule has 66 valence electrons. The molecule has 0 N–H and O–H groups in total. The van der Waals surface area contributed by atoms with Gasteiger partial charge in [-0.15, -0.1) is 11.6 Å². The predicted molar refractivity (Wildman–Crippen MR) is 54.6 cm³/mol. The average Bonchev–Trinajstić information content (AvgIpc) is 2.42. The van der Waals surface area contributed by atoms with E-state index >= 15 is 0 Å². The van der Waals surface area contributed by atoms with E-state index in [-0.39, 0.29) is 5.54 Å². The molecule has 0 spiro atoms. The van der Waals surface area contributed by atoms with Crippen LogP contribution in [0.2, 0.25) is 0 Å². The number of hydrogen-bond acceptors (Lipinski definition) is 3. The number of alkyl halides is 1. The van der Waals surface area contributed by atoms with Crippen molar-refractivity contribution in [3.63, 3.8) is 0 Å². The normalized spacial score (nSPS) is 25.4. The van der Waals surface area contributed by atoms with E-state index in [2.05, 4.69) is 29.1 Å². The van der Waals surface area contributed by atoms with Gasteiger partial charge in [-0.1, -0.05) is 11.8 Å². The second-order valence-corrected chi connectivity index (χ2v) is 4.76. The molecule has 2 rings (SSSR count). The first-order chi connectivity index (χ1) is 5.62. The van der Waals surface area contributed by atoms with E-state index in [0.29, 0.717) is 5.88 Å². The van der Waals surface area contributed by atoms with Crippen molar-refractivity contribution in [3.8, 4) is 0 Å². The van der Waals surface area contributed by atoms with Gasteiger partial charge in [0.25, 0.3) is 0 Å². The molecule has 0 atom stereocenters. The highest BCUT2D eigenvalue weighted by Gasteiger charge is 2.35. The molecule has 0 aromatic rings. The maximum Gasteiger partial charge on any atom is 0.168 e. The lowest BCUT2D eigenvalue weighted by molar-refractivity contribution is 0.436. The minimum absolute atomic E-state index is 0.0634. The quantitative estimate of drug-likeness (QED) is 0.607. The summed E-state index contributed by atoms with van der Waals surface area (Å²) in [5.41, 5.74) is 1.25. The molecule has 12 heavy (non-hydrogen) atoms. The second kappa shape index (κ2) is 2.67. The van der Waals surface area contributed by atoms with Crippen molar-refractivity contribution in [2.45, 2.75) is 19.4 Å². The summed E-state index contributed by atoms with van der Waals surface area (Å²) in [6, 6.07) is 0.